The number of aromatic hydroxyl groups is 1. The van der Waals surface area contributed by atoms with Crippen molar-refractivity contribution in [3.05, 3.63) is 48.0 Å². The third-order valence-electron chi connectivity index (χ3n) is 2.71. The molecule has 0 unspecified atom stereocenters. The number of carbonyl (C=O) groups is 1. The number of hydrazone groups is 1. The Labute approximate surface area is 149 Å². The molecule has 0 aliphatic carbocycles. The fraction of sp³-hybridized carbons (Fsp3) is 0.143. The van der Waals surface area contributed by atoms with Gasteiger partial charge in [-0.3, -0.25) is 4.79 Å². The zero-order chi connectivity index (χ0) is 15.6. The van der Waals surface area contributed by atoms with Crippen molar-refractivity contribution < 1.29 is 14.3 Å². The van der Waals surface area contributed by atoms with Crippen molar-refractivity contribution in [3.63, 3.8) is 0 Å². The monoisotopic (exact) mass is 510 g/mol. The van der Waals surface area contributed by atoms with Crippen molar-refractivity contribution in [2.75, 3.05) is 0 Å². The van der Waals surface area contributed by atoms with Crippen LogP contribution in [-0.2, 0) is 0 Å². The van der Waals surface area contributed by atoms with Gasteiger partial charge in [0.25, 0.3) is 5.91 Å². The van der Waals surface area contributed by atoms with E-state index in [4.69, 9.17) is 4.42 Å². The number of phenolic OH excluding ortho intramolecular Hbond substituents is 1. The highest BCUT2D eigenvalue weighted by atomic mass is 127. The average molecular weight is 510 g/mol. The van der Waals surface area contributed by atoms with Crippen molar-refractivity contribution in [2.24, 2.45) is 5.10 Å². The minimum absolute atomic E-state index is 0.143. The van der Waals surface area contributed by atoms with Crippen LogP contribution in [0.5, 0.6) is 5.75 Å². The smallest absolute Gasteiger partial charge is 0.274 e. The Kier molecular flexibility index (Phi) is 5.25. The number of carbonyl (C=O) groups excluding carboxylic acids is 1. The lowest BCUT2D eigenvalue weighted by Gasteiger charge is -2.03. The highest BCUT2D eigenvalue weighted by Gasteiger charge is 2.12. The van der Waals surface area contributed by atoms with Crippen molar-refractivity contribution in [3.8, 4) is 5.75 Å². The van der Waals surface area contributed by atoms with Crippen LogP contribution in [0.25, 0.3) is 0 Å². The molecule has 1 aromatic heterocycles. The summed E-state index contributed by atoms with van der Waals surface area (Å²) in [5, 5.41) is 13.8. The van der Waals surface area contributed by atoms with E-state index in [0.29, 0.717) is 22.6 Å². The van der Waals surface area contributed by atoms with E-state index in [1.807, 2.05) is 28.7 Å². The first-order valence-electron chi connectivity index (χ1n) is 5.97. The maximum absolute atomic E-state index is 11.9. The summed E-state index contributed by atoms with van der Waals surface area (Å²) >= 11 is 4.19. The van der Waals surface area contributed by atoms with Crippen LogP contribution in [0.4, 0.5) is 0 Å². The number of phenols is 1. The molecule has 1 aromatic carbocycles. The summed E-state index contributed by atoms with van der Waals surface area (Å²) in [5.41, 5.74) is 3.42. The van der Waals surface area contributed by atoms with E-state index in [0.717, 1.165) is 7.14 Å². The molecule has 7 heteroatoms. The zero-order valence-electron chi connectivity index (χ0n) is 11.3. The van der Waals surface area contributed by atoms with Crippen LogP contribution < -0.4 is 5.43 Å². The number of nitrogens with zero attached hydrogens (tertiary/aromatic N) is 1. The van der Waals surface area contributed by atoms with E-state index in [1.165, 1.54) is 6.21 Å². The van der Waals surface area contributed by atoms with Crippen LogP contribution in [-0.4, -0.2) is 17.2 Å². The van der Waals surface area contributed by atoms with E-state index >= 15 is 0 Å². The largest absolute Gasteiger partial charge is 0.506 e. The summed E-state index contributed by atoms with van der Waals surface area (Å²) in [6, 6.07) is 5.29. The van der Waals surface area contributed by atoms with E-state index in [-0.39, 0.29) is 11.7 Å². The summed E-state index contributed by atoms with van der Waals surface area (Å²) < 4.78 is 7.00. The molecular formula is C14H12I2N2O3. The van der Waals surface area contributed by atoms with Gasteiger partial charge in [-0.15, -0.1) is 0 Å². The Hall–Kier alpha value is -1.10. The standard InChI is InChI=1S/C14H12I2N2O3/c1-7-3-11(8(2)21-7)14(20)18-17-6-9-4-10(15)5-12(16)13(9)19/h3-6,19H,1-2H3,(H,18,20)/b17-6+. The molecule has 21 heavy (non-hydrogen) atoms. The highest BCUT2D eigenvalue weighted by molar-refractivity contribution is 14.1. The van der Waals surface area contributed by atoms with Gasteiger partial charge in [-0.25, -0.2) is 5.43 Å². The summed E-state index contributed by atoms with van der Waals surface area (Å²) in [7, 11) is 0. The first kappa shape index (κ1) is 16.3. The van der Waals surface area contributed by atoms with Gasteiger partial charge in [-0.1, -0.05) is 0 Å². The Morgan fingerprint density at radius 2 is 2.05 bits per heavy atom. The summed E-state index contributed by atoms with van der Waals surface area (Å²) in [5.74, 6) is 1.02. The maximum atomic E-state index is 11.9. The third-order valence-corrected chi connectivity index (χ3v) is 4.16. The molecule has 0 bridgehead atoms. The number of hydrogen-bond donors (Lipinski definition) is 2. The molecular weight excluding hydrogens is 498 g/mol. The van der Waals surface area contributed by atoms with E-state index < -0.39 is 0 Å². The number of nitrogens with one attached hydrogen (secondary N) is 1. The van der Waals surface area contributed by atoms with E-state index in [2.05, 4.69) is 33.1 Å². The molecule has 1 heterocycles. The summed E-state index contributed by atoms with van der Waals surface area (Å²) in [6.45, 7) is 3.50. The number of rotatable bonds is 3. The second kappa shape index (κ2) is 6.77. The lowest BCUT2D eigenvalue weighted by molar-refractivity contribution is 0.0953. The molecule has 0 atom stereocenters. The van der Waals surface area contributed by atoms with Crippen molar-refractivity contribution in [1.82, 2.24) is 5.43 Å². The van der Waals surface area contributed by atoms with Gasteiger partial charge in [0.15, 0.2) is 0 Å². The van der Waals surface area contributed by atoms with Gasteiger partial charge < -0.3 is 9.52 Å². The molecule has 0 spiro atoms. The third kappa shape index (κ3) is 3.96. The lowest BCUT2D eigenvalue weighted by atomic mass is 10.2. The molecule has 0 saturated heterocycles. The molecule has 2 N–H and O–H groups in total. The van der Waals surface area contributed by atoms with Crippen LogP contribution in [0.2, 0.25) is 0 Å². The van der Waals surface area contributed by atoms with Crippen LogP contribution in [0.3, 0.4) is 0 Å². The minimum atomic E-state index is -0.347. The van der Waals surface area contributed by atoms with Crippen LogP contribution in [0.1, 0.15) is 27.4 Å². The van der Waals surface area contributed by atoms with Crippen molar-refractivity contribution in [1.29, 1.82) is 0 Å². The fourth-order valence-electron chi connectivity index (χ4n) is 1.76. The quantitative estimate of drug-likeness (QED) is 0.377. The Morgan fingerprint density at radius 1 is 1.33 bits per heavy atom. The molecule has 0 fully saturated rings. The molecule has 2 aromatic rings. The minimum Gasteiger partial charge on any atom is -0.506 e. The lowest BCUT2D eigenvalue weighted by Crippen LogP contribution is -2.17. The van der Waals surface area contributed by atoms with Crippen LogP contribution in [0, 0.1) is 21.0 Å². The normalized spacial score (nSPS) is 11.0. The summed E-state index contributed by atoms with van der Waals surface area (Å²) in [4.78, 5) is 11.9. The number of benzene rings is 1. The Balaban J connectivity index is 2.13. The second-order valence-electron chi connectivity index (χ2n) is 4.35. The number of halogens is 2. The van der Waals surface area contributed by atoms with Gasteiger partial charge >= 0.3 is 0 Å². The zero-order valence-corrected chi connectivity index (χ0v) is 15.6. The maximum Gasteiger partial charge on any atom is 0.274 e. The van der Waals surface area contributed by atoms with Gasteiger partial charge in [-0.05, 0) is 77.2 Å². The molecule has 0 aliphatic heterocycles. The van der Waals surface area contributed by atoms with Gasteiger partial charge in [0.05, 0.1) is 15.3 Å². The molecule has 5 nitrogen and oxygen atoms in total. The van der Waals surface area contributed by atoms with Gasteiger partial charge in [0, 0.05) is 9.13 Å². The number of amides is 1. The highest BCUT2D eigenvalue weighted by Crippen LogP contribution is 2.25. The molecule has 0 aliphatic rings. The Morgan fingerprint density at radius 3 is 2.67 bits per heavy atom. The van der Waals surface area contributed by atoms with E-state index in [9.17, 15) is 9.90 Å². The van der Waals surface area contributed by atoms with E-state index in [1.54, 1.807) is 26.0 Å². The fourth-order valence-corrected chi connectivity index (χ4v) is 3.65. The first-order chi connectivity index (χ1) is 9.88. The number of aryl methyl sites for hydroxylation is 2. The number of hydrogen-bond acceptors (Lipinski definition) is 4. The first-order valence-corrected chi connectivity index (χ1v) is 8.12. The topological polar surface area (TPSA) is 74.8 Å². The molecule has 2 rings (SSSR count). The van der Waals surface area contributed by atoms with Crippen molar-refractivity contribution >= 4 is 57.3 Å². The van der Waals surface area contributed by atoms with Crippen molar-refractivity contribution in [2.45, 2.75) is 13.8 Å². The molecule has 1 amide bonds. The molecule has 110 valence electrons. The molecule has 0 saturated carbocycles. The Bertz CT molecular complexity index is 723. The van der Waals surface area contributed by atoms with Gasteiger partial charge in [-0.2, -0.15) is 5.10 Å². The summed E-state index contributed by atoms with van der Waals surface area (Å²) in [6.07, 6.45) is 1.42. The molecule has 0 radical (unpaired) electrons. The SMILES string of the molecule is Cc1cc(C(=O)N/N=C/c2cc(I)cc(I)c2O)c(C)o1. The predicted molar refractivity (Wildman–Crippen MR) is 96.8 cm³/mol. The van der Waals surface area contributed by atoms with Crippen LogP contribution >= 0.6 is 45.2 Å². The van der Waals surface area contributed by atoms with Gasteiger partial charge in [0.1, 0.15) is 17.3 Å². The second-order valence-corrected chi connectivity index (χ2v) is 6.76. The average Bonchev–Trinajstić information content (AvgIpc) is 2.74. The van der Waals surface area contributed by atoms with Crippen LogP contribution in [0.15, 0.2) is 27.7 Å². The predicted octanol–water partition coefficient (Wildman–Crippen LogP) is 3.58. The van der Waals surface area contributed by atoms with Gasteiger partial charge in [0.2, 0.25) is 0 Å². The number of furan rings is 1.